The van der Waals surface area contributed by atoms with Crippen LogP contribution in [-0.4, -0.2) is 42.3 Å². The number of aryl methyl sites for hydroxylation is 2. The highest BCUT2D eigenvalue weighted by atomic mass is 32.2. The lowest BCUT2D eigenvalue weighted by Gasteiger charge is -2.37. The third-order valence-electron chi connectivity index (χ3n) is 6.80. The highest BCUT2D eigenvalue weighted by Crippen LogP contribution is 2.42. The number of aromatic nitrogens is 6. The molecule has 0 saturated carbocycles. The van der Waals surface area contributed by atoms with Gasteiger partial charge < -0.3 is 9.30 Å². The van der Waals surface area contributed by atoms with Crippen LogP contribution in [0.3, 0.4) is 0 Å². The van der Waals surface area contributed by atoms with Gasteiger partial charge in [0.2, 0.25) is 0 Å². The fourth-order valence-electron chi connectivity index (χ4n) is 4.89. The van der Waals surface area contributed by atoms with E-state index in [1.54, 1.807) is 16.3 Å². The lowest BCUT2D eigenvalue weighted by atomic mass is 9.73. The fraction of sp³-hybridized carbons (Fsp3) is 0.385. The van der Waals surface area contributed by atoms with Crippen molar-refractivity contribution in [1.29, 1.82) is 0 Å². The summed E-state index contributed by atoms with van der Waals surface area (Å²) in [5.74, 6) is 1.73. The Morgan fingerprint density at radius 1 is 1.03 bits per heavy atom. The molecule has 0 N–H and O–H groups in total. The molecular weight excluding hydrogens is 460 g/mol. The molecule has 5 rings (SSSR count). The van der Waals surface area contributed by atoms with Crippen LogP contribution in [0.1, 0.15) is 43.9 Å². The van der Waals surface area contributed by atoms with Crippen molar-refractivity contribution in [3.05, 3.63) is 82.6 Å². The van der Waals surface area contributed by atoms with Crippen LogP contribution in [0, 0.1) is 6.92 Å². The molecule has 0 aliphatic carbocycles. The van der Waals surface area contributed by atoms with Crippen molar-refractivity contribution in [2.75, 3.05) is 13.2 Å². The summed E-state index contributed by atoms with van der Waals surface area (Å²) >= 11 is 1.71. The van der Waals surface area contributed by atoms with Gasteiger partial charge in [0.25, 0.3) is 0 Å². The van der Waals surface area contributed by atoms with Gasteiger partial charge >= 0.3 is 5.69 Å². The molecule has 35 heavy (non-hydrogen) atoms. The van der Waals surface area contributed by atoms with Gasteiger partial charge in [-0.2, -0.15) is 9.78 Å². The largest absolute Gasteiger partial charge is 0.381 e. The Hall–Kier alpha value is -3.17. The molecule has 1 aliphatic heterocycles. The highest BCUT2D eigenvalue weighted by Gasteiger charge is 2.40. The van der Waals surface area contributed by atoms with Crippen molar-refractivity contribution in [2.24, 2.45) is 0 Å². The first-order valence-electron chi connectivity index (χ1n) is 12.1. The molecule has 0 spiro atoms. The van der Waals surface area contributed by atoms with E-state index in [0.717, 1.165) is 40.7 Å². The minimum Gasteiger partial charge on any atom is -0.381 e. The van der Waals surface area contributed by atoms with Crippen molar-refractivity contribution in [3.8, 4) is 5.69 Å². The third-order valence-corrected chi connectivity index (χ3v) is 7.80. The average Bonchev–Trinajstić information content (AvgIpc) is 3.49. The van der Waals surface area contributed by atoms with E-state index in [2.05, 4.69) is 51.1 Å². The van der Waals surface area contributed by atoms with Gasteiger partial charge in [-0.15, -0.1) is 10.2 Å². The lowest BCUT2D eigenvalue weighted by molar-refractivity contribution is 0.0592. The lowest BCUT2D eigenvalue weighted by Crippen LogP contribution is -2.37. The van der Waals surface area contributed by atoms with Crippen LogP contribution < -0.4 is 5.69 Å². The quantitative estimate of drug-likeness (QED) is 0.386. The van der Waals surface area contributed by atoms with Crippen LogP contribution in [0.25, 0.3) is 5.69 Å². The van der Waals surface area contributed by atoms with E-state index >= 15 is 0 Å². The van der Waals surface area contributed by atoms with E-state index in [0.29, 0.717) is 25.6 Å². The Labute approximate surface area is 209 Å². The number of hydrogen-bond acceptors (Lipinski definition) is 6. The Morgan fingerprint density at radius 2 is 1.80 bits per heavy atom. The predicted octanol–water partition coefficient (Wildman–Crippen LogP) is 4.22. The predicted molar refractivity (Wildman–Crippen MR) is 135 cm³/mol. The van der Waals surface area contributed by atoms with Gasteiger partial charge in [-0.3, -0.25) is 4.57 Å². The van der Waals surface area contributed by atoms with E-state index in [4.69, 9.17) is 4.74 Å². The first kappa shape index (κ1) is 23.6. The molecule has 1 saturated heterocycles. The first-order valence-corrected chi connectivity index (χ1v) is 12.9. The summed E-state index contributed by atoms with van der Waals surface area (Å²) in [4.78, 5) is 14.9. The summed E-state index contributed by atoms with van der Waals surface area (Å²) in [6, 6.07) is 16.7. The summed E-state index contributed by atoms with van der Waals surface area (Å²) in [7, 11) is 0. The van der Waals surface area contributed by atoms with E-state index in [-0.39, 0.29) is 11.1 Å². The molecule has 4 aromatic rings. The zero-order chi connectivity index (χ0) is 24.4. The molecule has 2 aromatic heterocycles. The highest BCUT2D eigenvalue weighted by molar-refractivity contribution is 7.99. The Bertz CT molecular complexity index is 1370. The maximum absolute atomic E-state index is 12.6. The summed E-state index contributed by atoms with van der Waals surface area (Å²) in [6.45, 7) is 8.79. The summed E-state index contributed by atoms with van der Waals surface area (Å²) < 4.78 is 11.0. The molecule has 1 fully saturated rings. The van der Waals surface area contributed by atoms with E-state index in [1.165, 1.54) is 10.2 Å². The van der Waals surface area contributed by atoms with E-state index in [9.17, 15) is 4.79 Å². The van der Waals surface area contributed by atoms with Crippen molar-refractivity contribution in [2.45, 2.75) is 61.9 Å². The molecule has 0 atom stereocenters. The van der Waals surface area contributed by atoms with Gasteiger partial charge in [-0.05, 0) is 75.6 Å². The van der Waals surface area contributed by atoms with Gasteiger partial charge in [-0.1, -0.05) is 23.9 Å². The Morgan fingerprint density at radius 3 is 2.49 bits per heavy atom. The number of ether oxygens (including phenoxy) is 1. The second-order valence-corrected chi connectivity index (χ2v) is 9.89. The molecule has 0 radical (unpaired) electrons. The van der Waals surface area contributed by atoms with E-state index in [1.807, 2.05) is 44.4 Å². The zero-order valence-electron chi connectivity index (χ0n) is 20.3. The van der Waals surface area contributed by atoms with Gasteiger partial charge in [0.15, 0.2) is 0 Å². The molecular formula is C26H30N6O2S. The minimum atomic E-state index is -0.206. The van der Waals surface area contributed by atoms with Crippen LogP contribution >= 0.6 is 11.8 Å². The number of nitrogens with zero attached hydrogens (tertiary/aromatic N) is 6. The second-order valence-electron chi connectivity index (χ2n) is 8.74. The zero-order valence-corrected chi connectivity index (χ0v) is 21.2. The second kappa shape index (κ2) is 9.83. The topological polar surface area (TPSA) is 79.8 Å². The van der Waals surface area contributed by atoms with E-state index < -0.39 is 0 Å². The third kappa shape index (κ3) is 4.34. The van der Waals surface area contributed by atoms with Crippen LogP contribution in [0.15, 0.2) is 69.4 Å². The number of benzene rings is 2. The normalized spacial score (nSPS) is 15.4. The fourth-order valence-corrected chi connectivity index (χ4v) is 5.77. The molecule has 0 bridgehead atoms. The van der Waals surface area contributed by atoms with Crippen LogP contribution in [-0.2, 0) is 23.2 Å². The molecule has 1 aliphatic rings. The average molecular weight is 491 g/mol. The van der Waals surface area contributed by atoms with Crippen molar-refractivity contribution < 1.29 is 4.74 Å². The number of rotatable bonds is 7. The van der Waals surface area contributed by atoms with Crippen molar-refractivity contribution in [1.82, 2.24) is 29.1 Å². The molecule has 182 valence electrons. The monoisotopic (exact) mass is 490 g/mol. The van der Waals surface area contributed by atoms with Crippen LogP contribution in [0.5, 0.6) is 0 Å². The Balaban J connectivity index is 1.43. The van der Waals surface area contributed by atoms with Gasteiger partial charge in [0.05, 0.1) is 11.1 Å². The van der Waals surface area contributed by atoms with Gasteiger partial charge in [0, 0.05) is 36.1 Å². The smallest absolute Gasteiger partial charge is 0.350 e. The van der Waals surface area contributed by atoms with Crippen molar-refractivity contribution >= 4 is 11.8 Å². The first-order chi connectivity index (χ1) is 17.1. The summed E-state index contributed by atoms with van der Waals surface area (Å²) in [5.41, 5.74) is 1.70. The summed E-state index contributed by atoms with van der Waals surface area (Å²) in [6.07, 6.45) is 3.59. The van der Waals surface area contributed by atoms with Crippen molar-refractivity contribution in [3.63, 3.8) is 0 Å². The molecule has 9 heteroatoms. The SMILES string of the molecule is CCn1cnnc1C1(c2cccc(Sc3ccc(-n4nc(C)n(CC)c4=O)cc3)c2)CCOCC1. The maximum atomic E-state index is 12.6. The number of hydrogen-bond donors (Lipinski definition) is 0. The maximum Gasteiger partial charge on any atom is 0.350 e. The minimum absolute atomic E-state index is 0.111. The molecule has 3 heterocycles. The standard InChI is InChI=1S/C26H30N6O2S/c1-4-30-18-27-28-24(30)26(13-15-34-16-14-26)20-7-6-8-23(17-20)35-22-11-9-21(10-12-22)32-25(33)31(5-2)19(3)29-32/h6-12,17-18H,4-5,13-16H2,1-3H3. The van der Waals surface area contributed by atoms with Crippen LogP contribution in [0.4, 0.5) is 0 Å². The Kier molecular flexibility index (Phi) is 6.62. The molecule has 2 aromatic carbocycles. The van der Waals surface area contributed by atoms with Gasteiger partial charge in [0.1, 0.15) is 18.0 Å². The summed E-state index contributed by atoms with van der Waals surface area (Å²) in [5, 5.41) is 13.2. The molecule has 8 nitrogen and oxygen atoms in total. The van der Waals surface area contributed by atoms with Crippen LogP contribution in [0.2, 0.25) is 0 Å². The molecule has 0 amide bonds. The molecule has 0 unspecified atom stereocenters. The van der Waals surface area contributed by atoms with Gasteiger partial charge in [-0.25, -0.2) is 4.79 Å².